The molecule has 112 valence electrons. The van der Waals surface area contributed by atoms with Crippen LogP contribution in [0.1, 0.15) is 37.2 Å². The van der Waals surface area contributed by atoms with Gasteiger partial charge in [0.1, 0.15) is 0 Å². The van der Waals surface area contributed by atoms with Gasteiger partial charge in [0, 0.05) is 20.6 Å². The number of nitrogens with one attached hydrogen (secondary N) is 2. The van der Waals surface area contributed by atoms with Gasteiger partial charge < -0.3 is 10.6 Å². The molecule has 1 aromatic rings. The maximum Gasteiger partial charge on any atom is 0.190 e. The van der Waals surface area contributed by atoms with Crippen LogP contribution in [0.15, 0.2) is 35.3 Å². The average Bonchev–Trinajstić information content (AvgIpc) is 2.50. The zero-order chi connectivity index (χ0) is 13.5. The summed E-state index contributed by atoms with van der Waals surface area (Å²) in [7, 11) is 3.72. The Morgan fingerprint density at radius 3 is 2.35 bits per heavy atom. The van der Waals surface area contributed by atoms with Crippen LogP contribution in [-0.2, 0) is 0 Å². The number of halogens is 1. The molecule has 2 rings (SSSR count). The molecule has 0 amide bonds. The highest BCUT2D eigenvalue weighted by molar-refractivity contribution is 14.0. The van der Waals surface area contributed by atoms with Gasteiger partial charge in [0.05, 0.1) is 0 Å². The SMILES string of the molecule is CN=C(NC)NCC1CCC(c2ccccc2)CC1.I. The van der Waals surface area contributed by atoms with Crippen LogP contribution < -0.4 is 10.6 Å². The van der Waals surface area contributed by atoms with Crippen molar-refractivity contribution < 1.29 is 0 Å². The van der Waals surface area contributed by atoms with Crippen molar-refractivity contribution >= 4 is 29.9 Å². The van der Waals surface area contributed by atoms with E-state index < -0.39 is 0 Å². The Morgan fingerprint density at radius 2 is 1.80 bits per heavy atom. The minimum Gasteiger partial charge on any atom is -0.359 e. The topological polar surface area (TPSA) is 36.4 Å². The van der Waals surface area contributed by atoms with Crippen molar-refractivity contribution in [2.24, 2.45) is 10.9 Å². The van der Waals surface area contributed by atoms with Gasteiger partial charge in [-0.3, -0.25) is 4.99 Å². The van der Waals surface area contributed by atoms with E-state index in [4.69, 9.17) is 0 Å². The zero-order valence-corrected chi connectivity index (χ0v) is 14.8. The number of hydrogen-bond acceptors (Lipinski definition) is 1. The number of benzene rings is 1. The molecule has 0 aliphatic heterocycles. The first-order chi connectivity index (χ1) is 9.33. The molecule has 0 heterocycles. The van der Waals surface area contributed by atoms with E-state index >= 15 is 0 Å². The van der Waals surface area contributed by atoms with E-state index in [1.807, 2.05) is 14.1 Å². The summed E-state index contributed by atoms with van der Waals surface area (Å²) < 4.78 is 0. The van der Waals surface area contributed by atoms with E-state index in [2.05, 4.69) is 46.0 Å². The molecule has 3 nitrogen and oxygen atoms in total. The molecular weight excluding hydrogens is 361 g/mol. The highest BCUT2D eigenvalue weighted by atomic mass is 127. The third-order valence-electron chi connectivity index (χ3n) is 4.14. The van der Waals surface area contributed by atoms with Crippen molar-refractivity contribution in [2.45, 2.75) is 31.6 Å². The van der Waals surface area contributed by atoms with E-state index in [9.17, 15) is 0 Å². The number of rotatable bonds is 3. The van der Waals surface area contributed by atoms with Gasteiger partial charge in [-0.15, -0.1) is 24.0 Å². The fourth-order valence-corrected chi connectivity index (χ4v) is 2.95. The normalized spacial score (nSPS) is 22.8. The first-order valence-electron chi connectivity index (χ1n) is 7.26. The Balaban J connectivity index is 0.00000200. The molecule has 0 atom stereocenters. The number of nitrogens with zero attached hydrogens (tertiary/aromatic N) is 1. The predicted molar refractivity (Wildman–Crippen MR) is 97.0 cm³/mol. The van der Waals surface area contributed by atoms with Crippen LogP contribution in [0, 0.1) is 5.92 Å². The molecule has 2 N–H and O–H groups in total. The van der Waals surface area contributed by atoms with Crippen molar-refractivity contribution in [1.29, 1.82) is 0 Å². The number of aliphatic imine (C=N–C) groups is 1. The van der Waals surface area contributed by atoms with Crippen LogP contribution in [0.2, 0.25) is 0 Å². The monoisotopic (exact) mass is 387 g/mol. The molecule has 4 heteroatoms. The smallest absolute Gasteiger partial charge is 0.190 e. The lowest BCUT2D eigenvalue weighted by Crippen LogP contribution is -2.38. The summed E-state index contributed by atoms with van der Waals surface area (Å²) in [4.78, 5) is 4.15. The van der Waals surface area contributed by atoms with Crippen LogP contribution in [0.25, 0.3) is 0 Å². The third kappa shape index (κ3) is 4.96. The maximum absolute atomic E-state index is 4.15. The van der Waals surface area contributed by atoms with Crippen molar-refractivity contribution in [3.8, 4) is 0 Å². The fourth-order valence-electron chi connectivity index (χ4n) is 2.95. The lowest BCUT2D eigenvalue weighted by molar-refractivity contribution is 0.324. The summed E-state index contributed by atoms with van der Waals surface area (Å²) >= 11 is 0. The van der Waals surface area contributed by atoms with E-state index in [1.165, 1.54) is 31.2 Å². The molecule has 0 bridgehead atoms. The molecule has 1 aromatic carbocycles. The van der Waals surface area contributed by atoms with Crippen LogP contribution in [0.4, 0.5) is 0 Å². The summed E-state index contributed by atoms with van der Waals surface area (Å²) in [5.74, 6) is 2.44. The second-order valence-electron chi connectivity index (χ2n) is 5.33. The Labute approximate surface area is 139 Å². The molecular formula is C16H26IN3. The van der Waals surface area contributed by atoms with Gasteiger partial charge >= 0.3 is 0 Å². The van der Waals surface area contributed by atoms with Gasteiger partial charge in [0.2, 0.25) is 0 Å². The number of hydrogen-bond donors (Lipinski definition) is 2. The predicted octanol–water partition coefficient (Wildman–Crippen LogP) is 3.37. The second kappa shape index (κ2) is 9.21. The van der Waals surface area contributed by atoms with Crippen LogP contribution >= 0.6 is 24.0 Å². The third-order valence-corrected chi connectivity index (χ3v) is 4.14. The summed E-state index contributed by atoms with van der Waals surface area (Å²) in [5.41, 5.74) is 1.51. The highest BCUT2D eigenvalue weighted by Gasteiger charge is 2.22. The summed E-state index contributed by atoms with van der Waals surface area (Å²) in [6.45, 7) is 1.04. The van der Waals surface area contributed by atoms with E-state index in [-0.39, 0.29) is 24.0 Å². The number of guanidine groups is 1. The van der Waals surface area contributed by atoms with Crippen molar-refractivity contribution in [3.63, 3.8) is 0 Å². The summed E-state index contributed by atoms with van der Waals surface area (Å²) in [5, 5.41) is 6.45. The Hall–Kier alpha value is -0.780. The summed E-state index contributed by atoms with van der Waals surface area (Å²) in [6, 6.07) is 10.9. The molecule has 1 fully saturated rings. The minimum atomic E-state index is 0. The fraction of sp³-hybridized carbons (Fsp3) is 0.562. The standard InChI is InChI=1S/C16H25N3.HI/c1-17-16(18-2)19-12-13-8-10-15(11-9-13)14-6-4-3-5-7-14;/h3-7,13,15H,8-12H2,1-2H3,(H2,17,18,19);1H. The van der Waals surface area contributed by atoms with Gasteiger partial charge in [-0.1, -0.05) is 30.3 Å². The molecule has 0 unspecified atom stereocenters. The van der Waals surface area contributed by atoms with E-state index in [0.717, 1.165) is 24.3 Å². The van der Waals surface area contributed by atoms with Crippen LogP contribution in [-0.4, -0.2) is 26.6 Å². The molecule has 0 aromatic heterocycles. The molecule has 0 radical (unpaired) electrons. The average molecular weight is 387 g/mol. The molecule has 1 aliphatic rings. The first-order valence-corrected chi connectivity index (χ1v) is 7.26. The minimum absolute atomic E-state index is 0. The molecule has 0 saturated heterocycles. The Bertz CT molecular complexity index is 397. The zero-order valence-electron chi connectivity index (χ0n) is 12.4. The first kappa shape index (κ1) is 17.3. The quantitative estimate of drug-likeness (QED) is 0.474. The molecule has 1 saturated carbocycles. The van der Waals surface area contributed by atoms with Gasteiger partial charge in [-0.05, 0) is 43.1 Å². The summed E-state index contributed by atoms with van der Waals surface area (Å²) in [6.07, 6.45) is 5.25. The van der Waals surface area contributed by atoms with Crippen molar-refractivity contribution in [2.75, 3.05) is 20.6 Å². The molecule has 20 heavy (non-hydrogen) atoms. The molecule has 1 aliphatic carbocycles. The van der Waals surface area contributed by atoms with Crippen molar-refractivity contribution in [1.82, 2.24) is 10.6 Å². The second-order valence-corrected chi connectivity index (χ2v) is 5.33. The van der Waals surface area contributed by atoms with E-state index in [0.29, 0.717) is 0 Å². The molecule has 0 spiro atoms. The van der Waals surface area contributed by atoms with Gasteiger partial charge in [0.15, 0.2) is 5.96 Å². The lowest BCUT2D eigenvalue weighted by Gasteiger charge is -2.29. The van der Waals surface area contributed by atoms with Crippen molar-refractivity contribution in [3.05, 3.63) is 35.9 Å². The maximum atomic E-state index is 4.15. The van der Waals surface area contributed by atoms with Gasteiger partial charge in [0.25, 0.3) is 0 Å². The van der Waals surface area contributed by atoms with Gasteiger partial charge in [-0.25, -0.2) is 0 Å². The highest BCUT2D eigenvalue weighted by Crippen LogP contribution is 2.35. The van der Waals surface area contributed by atoms with Crippen LogP contribution in [0.5, 0.6) is 0 Å². The lowest BCUT2D eigenvalue weighted by atomic mass is 9.79. The van der Waals surface area contributed by atoms with E-state index in [1.54, 1.807) is 0 Å². The van der Waals surface area contributed by atoms with Crippen LogP contribution in [0.3, 0.4) is 0 Å². The largest absolute Gasteiger partial charge is 0.359 e. The Kier molecular flexibility index (Phi) is 7.95. The Morgan fingerprint density at radius 1 is 1.15 bits per heavy atom. The van der Waals surface area contributed by atoms with Gasteiger partial charge in [-0.2, -0.15) is 0 Å².